The van der Waals surface area contributed by atoms with Crippen LogP contribution in [-0.2, 0) is 28.6 Å². The van der Waals surface area contributed by atoms with Crippen molar-refractivity contribution in [3.05, 3.63) is 122 Å². The van der Waals surface area contributed by atoms with Crippen molar-refractivity contribution in [3.8, 4) is 0 Å². The minimum Gasteiger partial charge on any atom is -0.462 e. The molecule has 1 atom stereocenters. The van der Waals surface area contributed by atoms with Crippen molar-refractivity contribution in [3.63, 3.8) is 0 Å². The molecule has 1 unspecified atom stereocenters. The fourth-order valence-corrected chi connectivity index (χ4v) is 6.52. The van der Waals surface area contributed by atoms with Crippen molar-refractivity contribution in [2.45, 2.75) is 213 Å². The van der Waals surface area contributed by atoms with Crippen LogP contribution in [0.5, 0.6) is 0 Å². The van der Waals surface area contributed by atoms with Crippen molar-refractivity contribution >= 4 is 17.9 Å². The van der Waals surface area contributed by atoms with Crippen LogP contribution in [-0.4, -0.2) is 37.2 Å². The number of hydrogen-bond donors (Lipinski definition) is 0. The molecule has 0 aliphatic rings. The van der Waals surface area contributed by atoms with Gasteiger partial charge in [-0.25, -0.2) is 0 Å². The van der Waals surface area contributed by atoms with E-state index in [1.165, 1.54) is 64.2 Å². The summed E-state index contributed by atoms with van der Waals surface area (Å²) >= 11 is 0. The van der Waals surface area contributed by atoms with Crippen LogP contribution in [0.4, 0.5) is 0 Å². The summed E-state index contributed by atoms with van der Waals surface area (Å²) < 4.78 is 16.7. The largest absolute Gasteiger partial charge is 0.462 e. The van der Waals surface area contributed by atoms with Crippen molar-refractivity contribution in [2.24, 2.45) is 0 Å². The monoisotopic (exact) mass is 885 g/mol. The highest BCUT2D eigenvalue weighted by Gasteiger charge is 2.19. The Hall–Kier alpha value is -4.19. The van der Waals surface area contributed by atoms with Gasteiger partial charge >= 0.3 is 17.9 Å². The van der Waals surface area contributed by atoms with Crippen LogP contribution >= 0.6 is 0 Å². The molecule has 0 N–H and O–H groups in total. The highest BCUT2D eigenvalue weighted by molar-refractivity contribution is 5.71. The number of carbonyl (C=O) groups excluding carboxylic acids is 3. The lowest BCUT2D eigenvalue weighted by atomic mass is 10.1. The first-order chi connectivity index (χ1) is 31.5. The van der Waals surface area contributed by atoms with E-state index in [4.69, 9.17) is 14.2 Å². The Balaban J connectivity index is 4.52. The zero-order valence-electron chi connectivity index (χ0n) is 41.0. The number of unbranched alkanes of at least 4 members (excludes halogenated alkanes) is 17. The SMILES string of the molecule is CC/C=C/C=C/C=C/C=C/C=C/CCCC(=O)OCC(COC(=O)CCCCCCCCC/C=C/C/C=C/CCCCC)OC(=O)CCCCCCCC/C=C/C/C=C/C/C=C/CC. The molecule has 360 valence electrons. The normalized spacial score (nSPS) is 13.1. The molecule has 0 aromatic carbocycles. The van der Waals surface area contributed by atoms with Crippen molar-refractivity contribution in [1.82, 2.24) is 0 Å². The third-order valence-corrected chi connectivity index (χ3v) is 10.3. The van der Waals surface area contributed by atoms with Crippen LogP contribution < -0.4 is 0 Å². The zero-order chi connectivity index (χ0) is 46.5. The van der Waals surface area contributed by atoms with Crippen molar-refractivity contribution in [1.29, 1.82) is 0 Å². The maximum atomic E-state index is 12.8. The molecule has 0 aliphatic heterocycles. The summed E-state index contributed by atoms with van der Waals surface area (Å²) in [6.45, 7) is 6.26. The topological polar surface area (TPSA) is 78.9 Å². The minimum atomic E-state index is -0.820. The fourth-order valence-electron chi connectivity index (χ4n) is 6.52. The van der Waals surface area contributed by atoms with E-state index in [9.17, 15) is 14.4 Å². The second-order valence-electron chi connectivity index (χ2n) is 16.4. The van der Waals surface area contributed by atoms with E-state index in [2.05, 4.69) is 87.6 Å². The molecule has 0 fully saturated rings. The summed E-state index contributed by atoms with van der Waals surface area (Å²) in [5, 5.41) is 0. The maximum absolute atomic E-state index is 12.8. The average molecular weight is 885 g/mol. The minimum absolute atomic E-state index is 0.114. The summed E-state index contributed by atoms with van der Waals surface area (Å²) in [6.07, 6.45) is 70.4. The molecule has 6 nitrogen and oxygen atoms in total. The third-order valence-electron chi connectivity index (χ3n) is 10.3. The highest BCUT2D eigenvalue weighted by atomic mass is 16.6. The molecule has 0 aromatic heterocycles. The van der Waals surface area contributed by atoms with E-state index in [1.807, 2.05) is 54.7 Å². The number of ether oxygens (including phenoxy) is 3. The van der Waals surface area contributed by atoms with E-state index in [-0.39, 0.29) is 37.5 Å². The van der Waals surface area contributed by atoms with Gasteiger partial charge in [0.2, 0.25) is 0 Å². The van der Waals surface area contributed by atoms with Gasteiger partial charge < -0.3 is 14.2 Å². The Labute approximate surface area is 392 Å². The second kappa shape index (κ2) is 51.4. The zero-order valence-corrected chi connectivity index (χ0v) is 41.0. The van der Waals surface area contributed by atoms with E-state index < -0.39 is 6.10 Å². The molecule has 0 aliphatic carbocycles. The van der Waals surface area contributed by atoms with E-state index >= 15 is 0 Å². The van der Waals surface area contributed by atoms with Gasteiger partial charge in [0.1, 0.15) is 13.2 Å². The summed E-state index contributed by atoms with van der Waals surface area (Å²) in [5.41, 5.74) is 0. The van der Waals surface area contributed by atoms with Crippen LogP contribution in [0.15, 0.2) is 122 Å². The third kappa shape index (κ3) is 48.8. The maximum Gasteiger partial charge on any atom is 0.306 e. The van der Waals surface area contributed by atoms with Gasteiger partial charge in [0.05, 0.1) is 0 Å². The number of hydrogen-bond acceptors (Lipinski definition) is 6. The summed E-state index contributed by atoms with van der Waals surface area (Å²) in [5.74, 6) is -1.02. The molecule has 0 heterocycles. The van der Waals surface area contributed by atoms with Crippen LogP contribution in [0, 0.1) is 0 Å². The quantitative estimate of drug-likeness (QED) is 0.0199. The Morgan fingerprint density at radius 1 is 0.344 bits per heavy atom. The number of esters is 3. The Morgan fingerprint density at radius 3 is 1.19 bits per heavy atom. The summed E-state index contributed by atoms with van der Waals surface area (Å²) in [4.78, 5) is 38.0. The molecular weight excluding hydrogens is 793 g/mol. The van der Waals surface area contributed by atoms with Crippen LogP contribution in [0.25, 0.3) is 0 Å². The number of carbonyl (C=O) groups is 3. The van der Waals surface area contributed by atoms with Gasteiger partial charge in [0.25, 0.3) is 0 Å². The molecular formula is C58H92O6. The second-order valence-corrected chi connectivity index (χ2v) is 16.4. The molecule has 0 amide bonds. The lowest BCUT2D eigenvalue weighted by molar-refractivity contribution is -0.167. The van der Waals surface area contributed by atoms with Gasteiger partial charge in [0, 0.05) is 19.3 Å². The van der Waals surface area contributed by atoms with Crippen LogP contribution in [0.1, 0.15) is 207 Å². The predicted molar refractivity (Wildman–Crippen MR) is 274 cm³/mol. The molecule has 0 saturated heterocycles. The smallest absolute Gasteiger partial charge is 0.306 e. The van der Waals surface area contributed by atoms with Gasteiger partial charge in [-0.1, -0.05) is 213 Å². The molecule has 0 aromatic rings. The molecule has 6 heteroatoms. The predicted octanol–water partition coefficient (Wildman–Crippen LogP) is 16.9. The summed E-state index contributed by atoms with van der Waals surface area (Å²) in [6, 6.07) is 0. The lowest BCUT2D eigenvalue weighted by Crippen LogP contribution is -2.30. The van der Waals surface area contributed by atoms with E-state index in [1.54, 1.807) is 0 Å². The Morgan fingerprint density at radius 2 is 0.703 bits per heavy atom. The average Bonchev–Trinajstić information content (AvgIpc) is 3.29. The summed E-state index contributed by atoms with van der Waals surface area (Å²) in [7, 11) is 0. The first-order valence-electron chi connectivity index (χ1n) is 25.6. The van der Waals surface area contributed by atoms with Crippen molar-refractivity contribution in [2.75, 3.05) is 13.2 Å². The molecule has 0 rings (SSSR count). The first kappa shape index (κ1) is 59.8. The van der Waals surface area contributed by atoms with Gasteiger partial charge in [-0.05, 0) is 96.3 Å². The van der Waals surface area contributed by atoms with Crippen LogP contribution in [0.3, 0.4) is 0 Å². The van der Waals surface area contributed by atoms with Crippen LogP contribution in [0.2, 0.25) is 0 Å². The Kier molecular flexibility index (Phi) is 48.1. The Bertz CT molecular complexity index is 1390. The van der Waals surface area contributed by atoms with E-state index in [0.717, 1.165) is 96.3 Å². The number of rotatable bonds is 44. The molecule has 0 saturated carbocycles. The molecule has 64 heavy (non-hydrogen) atoms. The van der Waals surface area contributed by atoms with Gasteiger partial charge in [-0.15, -0.1) is 0 Å². The molecule has 0 spiro atoms. The molecule has 0 bridgehead atoms. The van der Waals surface area contributed by atoms with Gasteiger partial charge in [-0.2, -0.15) is 0 Å². The molecule has 0 radical (unpaired) electrons. The van der Waals surface area contributed by atoms with Crippen molar-refractivity contribution < 1.29 is 28.6 Å². The van der Waals surface area contributed by atoms with Gasteiger partial charge in [-0.3, -0.25) is 14.4 Å². The fraction of sp³-hybridized carbons (Fsp3) is 0.603. The van der Waals surface area contributed by atoms with E-state index in [0.29, 0.717) is 19.3 Å². The standard InChI is InChI=1S/C58H92O6/c1-4-7-10-13-16-19-22-25-27-29-31-33-36-39-42-45-48-51-57(60)63-54-55(53-62-56(59)50-47-44-41-38-35-32-24-21-18-15-12-9-6-3)64-58(61)52-49-46-43-40-37-34-30-28-26-23-20-17-14-11-8-5-2/h8-9,11-12,15-21,24-28,32,35,38,41,55H,4-7,10,13-14,22-23,29-31,33-34,36-37,39-40,42-54H2,1-3H3/b11-8+,12-9+,18-15+,19-16+,20-17+,24-21+,27-25+,28-26+,35-32+,41-38+. The lowest BCUT2D eigenvalue weighted by Gasteiger charge is -2.18. The van der Waals surface area contributed by atoms with Gasteiger partial charge in [0.15, 0.2) is 6.10 Å². The first-order valence-corrected chi connectivity index (χ1v) is 25.6. The highest BCUT2D eigenvalue weighted by Crippen LogP contribution is 2.13. The number of allylic oxidation sites excluding steroid dienone is 20.